The van der Waals surface area contributed by atoms with Crippen LogP contribution in [0.15, 0.2) is 36.5 Å². The Morgan fingerprint density at radius 1 is 1.21 bits per heavy atom. The van der Waals surface area contributed by atoms with Crippen molar-refractivity contribution in [1.82, 2.24) is 9.78 Å². The molecule has 1 amide bonds. The maximum atomic E-state index is 12.0. The molecule has 0 bridgehead atoms. The lowest BCUT2D eigenvalue weighted by atomic mass is 10.1. The summed E-state index contributed by atoms with van der Waals surface area (Å²) in [6, 6.07) is 5.88. The highest BCUT2D eigenvalue weighted by Crippen LogP contribution is 2.25. The predicted molar refractivity (Wildman–Crippen MR) is 59.3 cm³/mol. The number of nitrogens with two attached hydrogens (primary N) is 1. The summed E-state index contributed by atoms with van der Waals surface area (Å²) in [5, 5.41) is 3.86. The van der Waals surface area contributed by atoms with Gasteiger partial charge in [0.25, 0.3) is 0 Å². The van der Waals surface area contributed by atoms with Crippen LogP contribution >= 0.6 is 0 Å². The van der Waals surface area contributed by atoms with E-state index in [2.05, 4.69) is 9.84 Å². The summed E-state index contributed by atoms with van der Waals surface area (Å²) in [6.45, 7) is 0. The fourth-order valence-corrected chi connectivity index (χ4v) is 1.43. The van der Waals surface area contributed by atoms with E-state index in [1.807, 2.05) is 0 Å². The summed E-state index contributed by atoms with van der Waals surface area (Å²) >= 11 is 0. The van der Waals surface area contributed by atoms with Crippen LogP contribution in [0.3, 0.4) is 0 Å². The molecule has 0 saturated carbocycles. The molecule has 0 aliphatic rings. The van der Waals surface area contributed by atoms with Crippen molar-refractivity contribution in [3.8, 4) is 17.0 Å². The molecular formula is C11H8F3N3O2. The van der Waals surface area contributed by atoms with Gasteiger partial charge in [0.05, 0.1) is 5.69 Å². The number of hydrogen-bond donors (Lipinski definition) is 1. The Kier molecular flexibility index (Phi) is 3.16. The van der Waals surface area contributed by atoms with E-state index in [1.54, 1.807) is 0 Å². The standard InChI is InChI=1S/C11H8F3N3O2/c12-11(13,14)19-8-3-1-7(2-4-8)9-5-6-17(16-9)10(15)18/h1-6H,(H2,15,18). The summed E-state index contributed by atoms with van der Waals surface area (Å²) in [7, 11) is 0. The molecule has 2 aromatic rings. The number of nitrogens with zero attached hydrogens (tertiary/aromatic N) is 2. The first-order chi connectivity index (χ1) is 8.85. The number of benzene rings is 1. The summed E-state index contributed by atoms with van der Waals surface area (Å²) in [4.78, 5) is 10.8. The fraction of sp³-hybridized carbons (Fsp3) is 0.0909. The molecule has 0 aliphatic carbocycles. The van der Waals surface area contributed by atoms with E-state index in [9.17, 15) is 18.0 Å². The van der Waals surface area contributed by atoms with Crippen molar-refractivity contribution < 1.29 is 22.7 Å². The van der Waals surface area contributed by atoms with E-state index in [0.29, 0.717) is 11.3 Å². The Labute approximate surface area is 105 Å². The van der Waals surface area contributed by atoms with Gasteiger partial charge in [0.2, 0.25) is 0 Å². The van der Waals surface area contributed by atoms with Gasteiger partial charge in [0, 0.05) is 11.8 Å². The molecule has 8 heteroatoms. The van der Waals surface area contributed by atoms with Crippen molar-refractivity contribution in [2.75, 3.05) is 0 Å². The highest BCUT2D eigenvalue weighted by atomic mass is 19.4. The number of alkyl halides is 3. The third-order valence-electron chi connectivity index (χ3n) is 2.20. The average molecular weight is 271 g/mol. The first kappa shape index (κ1) is 12.9. The van der Waals surface area contributed by atoms with Gasteiger partial charge in [-0.15, -0.1) is 13.2 Å². The number of carbonyl (C=O) groups is 1. The smallest absolute Gasteiger partial charge is 0.406 e. The zero-order valence-electron chi connectivity index (χ0n) is 9.39. The van der Waals surface area contributed by atoms with Crippen molar-refractivity contribution in [3.63, 3.8) is 0 Å². The molecule has 0 fully saturated rings. The van der Waals surface area contributed by atoms with Crippen LogP contribution in [-0.2, 0) is 0 Å². The minimum absolute atomic E-state index is 0.328. The summed E-state index contributed by atoms with van der Waals surface area (Å²) < 4.78 is 40.6. The van der Waals surface area contributed by atoms with E-state index in [-0.39, 0.29) is 5.75 Å². The van der Waals surface area contributed by atoms with Gasteiger partial charge < -0.3 is 10.5 Å². The molecule has 0 radical (unpaired) electrons. The molecule has 5 nitrogen and oxygen atoms in total. The molecule has 1 aromatic heterocycles. The molecular weight excluding hydrogens is 263 g/mol. The van der Waals surface area contributed by atoms with Crippen molar-refractivity contribution >= 4 is 6.03 Å². The van der Waals surface area contributed by atoms with Gasteiger partial charge in [-0.1, -0.05) is 0 Å². The number of hydrogen-bond acceptors (Lipinski definition) is 3. The van der Waals surface area contributed by atoms with Crippen LogP contribution in [0.1, 0.15) is 0 Å². The minimum Gasteiger partial charge on any atom is -0.406 e. The van der Waals surface area contributed by atoms with Crippen molar-refractivity contribution in [2.45, 2.75) is 6.36 Å². The van der Waals surface area contributed by atoms with Crippen LogP contribution in [0, 0.1) is 0 Å². The van der Waals surface area contributed by atoms with Gasteiger partial charge in [0.1, 0.15) is 5.75 Å². The molecule has 0 atom stereocenters. The summed E-state index contributed by atoms with van der Waals surface area (Å²) in [6.07, 6.45) is -3.37. The second-order valence-corrected chi connectivity index (χ2v) is 3.56. The molecule has 2 N–H and O–H groups in total. The van der Waals surface area contributed by atoms with Gasteiger partial charge in [-0.3, -0.25) is 0 Å². The predicted octanol–water partition coefficient (Wildman–Crippen LogP) is 2.38. The van der Waals surface area contributed by atoms with Gasteiger partial charge in [0.15, 0.2) is 0 Å². The second kappa shape index (κ2) is 4.63. The third-order valence-corrected chi connectivity index (χ3v) is 2.20. The molecule has 0 saturated heterocycles. The number of aromatic nitrogens is 2. The molecule has 2 rings (SSSR count). The van der Waals surface area contributed by atoms with E-state index in [4.69, 9.17) is 5.73 Å². The zero-order valence-corrected chi connectivity index (χ0v) is 9.39. The Morgan fingerprint density at radius 3 is 2.32 bits per heavy atom. The molecule has 0 spiro atoms. The van der Waals surface area contributed by atoms with Gasteiger partial charge in [-0.25, -0.2) is 4.79 Å². The van der Waals surface area contributed by atoms with Crippen LogP contribution in [0.25, 0.3) is 11.3 Å². The van der Waals surface area contributed by atoms with Crippen molar-refractivity contribution in [1.29, 1.82) is 0 Å². The minimum atomic E-state index is -4.73. The Balaban J connectivity index is 2.20. The van der Waals surface area contributed by atoms with Crippen LogP contribution in [0.4, 0.5) is 18.0 Å². The van der Waals surface area contributed by atoms with Crippen molar-refractivity contribution in [2.24, 2.45) is 5.73 Å². The number of halogens is 3. The lowest BCUT2D eigenvalue weighted by molar-refractivity contribution is -0.274. The number of amides is 1. The highest BCUT2D eigenvalue weighted by molar-refractivity contribution is 5.74. The zero-order chi connectivity index (χ0) is 14.0. The topological polar surface area (TPSA) is 70.1 Å². The highest BCUT2D eigenvalue weighted by Gasteiger charge is 2.30. The molecule has 0 unspecified atom stereocenters. The van der Waals surface area contributed by atoms with Gasteiger partial charge in [-0.2, -0.15) is 9.78 Å². The number of ether oxygens (including phenoxy) is 1. The molecule has 0 aliphatic heterocycles. The van der Waals surface area contributed by atoms with Crippen LogP contribution in [0.2, 0.25) is 0 Å². The second-order valence-electron chi connectivity index (χ2n) is 3.56. The number of primary amides is 1. The van der Waals surface area contributed by atoms with Crippen LogP contribution in [-0.4, -0.2) is 22.2 Å². The number of rotatable bonds is 2. The molecule has 100 valence electrons. The Hall–Kier alpha value is -2.51. The molecule has 1 aromatic carbocycles. The Bertz CT molecular complexity index is 590. The van der Waals surface area contributed by atoms with Crippen LogP contribution in [0.5, 0.6) is 5.75 Å². The monoisotopic (exact) mass is 271 g/mol. The summed E-state index contributed by atoms with van der Waals surface area (Å²) in [5.41, 5.74) is 5.97. The molecule has 1 heterocycles. The van der Waals surface area contributed by atoms with E-state index < -0.39 is 12.4 Å². The Morgan fingerprint density at radius 2 is 1.84 bits per heavy atom. The van der Waals surface area contributed by atoms with E-state index in [0.717, 1.165) is 16.8 Å². The maximum absolute atomic E-state index is 12.0. The normalized spacial score (nSPS) is 11.3. The maximum Gasteiger partial charge on any atom is 0.573 e. The SMILES string of the molecule is NC(=O)n1ccc(-c2ccc(OC(F)(F)F)cc2)n1. The van der Waals surface area contributed by atoms with E-state index in [1.165, 1.54) is 24.4 Å². The average Bonchev–Trinajstić information content (AvgIpc) is 2.77. The largest absolute Gasteiger partial charge is 0.573 e. The fourth-order valence-electron chi connectivity index (χ4n) is 1.43. The lowest BCUT2D eigenvalue weighted by Gasteiger charge is -2.08. The first-order valence-corrected chi connectivity index (χ1v) is 5.07. The molecule has 19 heavy (non-hydrogen) atoms. The lowest BCUT2D eigenvalue weighted by Crippen LogP contribution is -2.19. The van der Waals surface area contributed by atoms with Gasteiger partial charge in [-0.05, 0) is 30.3 Å². The third kappa shape index (κ3) is 3.24. The van der Waals surface area contributed by atoms with Gasteiger partial charge >= 0.3 is 12.4 Å². The van der Waals surface area contributed by atoms with E-state index >= 15 is 0 Å². The van der Waals surface area contributed by atoms with Crippen molar-refractivity contribution in [3.05, 3.63) is 36.5 Å². The summed E-state index contributed by atoms with van der Waals surface area (Å²) in [5.74, 6) is -0.328. The number of carbonyl (C=O) groups excluding carboxylic acids is 1. The van der Waals surface area contributed by atoms with Crippen LogP contribution < -0.4 is 10.5 Å². The quantitative estimate of drug-likeness (QED) is 0.911. The first-order valence-electron chi connectivity index (χ1n) is 5.07.